The molecule has 0 saturated heterocycles. The average molecular weight is 692 g/mol. The van der Waals surface area contributed by atoms with Gasteiger partial charge in [-0.1, -0.05) is 206 Å². The predicted molar refractivity (Wildman–Crippen MR) is 194 cm³/mol. The monoisotopic (exact) mass is 692 g/mol. The third-order valence-corrected chi connectivity index (χ3v) is 11.5. The van der Waals surface area contributed by atoms with Crippen molar-refractivity contribution in [2.24, 2.45) is 0 Å². The maximum absolute atomic E-state index is 2.23. The summed E-state index contributed by atoms with van der Waals surface area (Å²) in [5.74, 6) is 0. The van der Waals surface area contributed by atoms with Crippen molar-refractivity contribution in [2.45, 2.75) is 0 Å². The standard InChI is InChI=1S/2C18H15P.C5H5.Ru.H/c2*1-4-10-16(11-5-1)19(17-12-6-2-7-13-17)18-14-8-3-9-15-18;1-2-4-5-3-1;;/h2*1-15H;1-5H;;. The molecule has 0 fully saturated rings. The number of rotatable bonds is 6. The minimum Gasteiger partial charge on any atom is -0.0622 e. The Morgan fingerprint density at radius 1 is 0.227 bits per heavy atom. The molecule has 0 spiro atoms. The molecule has 0 heterocycles. The van der Waals surface area contributed by atoms with Crippen LogP contribution in [0.2, 0.25) is 0 Å². The molecule has 0 atom stereocenters. The van der Waals surface area contributed by atoms with Gasteiger partial charge < -0.3 is 0 Å². The van der Waals surface area contributed by atoms with Crippen LogP contribution < -0.4 is 31.8 Å². The molecule has 0 N–H and O–H groups in total. The zero-order valence-electron chi connectivity index (χ0n) is 24.5. The zero-order valence-corrected chi connectivity index (χ0v) is 28.1. The first-order valence-corrected chi connectivity index (χ1v) is 17.2. The Labute approximate surface area is 278 Å². The summed E-state index contributed by atoms with van der Waals surface area (Å²) < 4.78 is 0. The Hall–Kier alpha value is -3.72. The van der Waals surface area contributed by atoms with Gasteiger partial charge in [0.1, 0.15) is 0 Å². The number of benzene rings is 6. The molecule has 3 heteroatoms. The molecule has 0 saturated carbocycles. The summed E-state index contributed by atoms with van der Waals surface area (Å²) in [6, 6.07) is 64.7. The van der Waals surface area contributed by atoms with Gasteiger partial charge in [-0.3, -0.25) is 0 Å². The van der Waals surface area contributed by atoms with E-state index < -0.39 is 15.8 Å². The van der Waals surface area contributed by atoms with Crippen molar-refractivity contribution in [1.82, 2.24) is 0 Å². The summed E-state index contributed by atoms with van der Waals surface area (Å²) in [5.41, 5.74) is 0. The fourth-order valence-corrected chi connectivity index (χ4v) is 9.29. The van der Waals surface area contributed by atoms with Gasteiger partial charge in [0.05, 0.1) is 0 Å². The van der Waals surface area contributed by atoms with Crippen LogP contribution in [0.3, 0.4) is 0 Å². The summed E-state index contributed by atoms with van der Waals surface area (Å²) in [6.07, 6.45) is 10.0. The van der Waals surface area contributed by atoms with Gasteiger partial charge in [-0.05, 0) is 47.7 Å². The van der Waals surface area contributed by atoms with E-state index in [4.69, 9.17) is 0 Å². The van der Waals surface area contributed by atoms with E-state index in [1.54, 1.807) is 0 Å². The summed E-state index contributed by atoms with van der Waals surface area (Å²) in [4.78, 5) is 0. The zero-order chi connectivity index (χ0) is 29.4. The average Bonchev–Trinajstić information content (AvgIpc) is 3.69. The molecule has 0 bridgehead atoms. The quantitative estimate of drug-likeness (QED) is 0.123. The van der Waals surface area contributed by atoms with Crippen molar-refractivity contribution >= 4 is 47.7 Å². The van der Waals surface area contributed by atoms with E-state index in [0.717, 1.165) is 0 Å². The largest absolute Gasteiger partial charge is 0.0622 e. The SMILES string of the molecule is [CH]1C=CC=C1.[RuH].c1ccc(P(c2ccccc2)c2ccccc2)cc1.c1ccc(P(c2ccccc2)c2ccccc2)cc1. The maximum atomic E-state index is 2.23. The number of hydrogen-bond acceptors (Lipinski definition) is 0. The third kappa shape index (κ3) is 9.91. The Morgan fingerprint density at radius 2 is 0.409 bits per heavy atom. The van der Waals surface area contributed by atoms with Crippen molar-refractivity contribution in [1.29, 1.82) is 0 Å². The Balaban J connectivity index is 0.000000170. The molecule has 6 aromatic rings. The van der Waals surface area contributed by atoms with Crippen LogP contribution in [-0.2, 0) is 19.5 Å². The molecule has 1 radical (unpaired) electrons. The van der Waals surface area contributed by atoms with Crippen molar-refractivity contribution < 1.29 is 19.5 Å². The minimum absolute atomic E-state index is 0. The first-order valence-electron chi connectivity index (χ1n) is 14.5. The van der Waals surface area contributed by atoms with E-state index in [9.17, 15) is 0 Å². The molecule has 218 valence electrons. The van der Waals surface area contributed by atoms with Gasteiger partial charge in [0.25, 0.3) is 0 Å². The summed E-state index contributed by atoms with van der Waals surface area (Å²) in [7, 11) is -0.892. The fourth-order valence-electron chi connectivity index (χ4n) is 4.68. The summed E-state index contributed by atoms with van der Waals surface area (Å²) in [5, 5.41) is 8.39. The van der Waals surface area contributed by atoms with Gasteiger partial charge in [0.15, 0.2) is 0 Å². The van der Waals surface area contributed by atoms with E-state index in [2.05, 4.69) is 182 Å². The first-order chi connectivity index (χ1) is 21.4. The minimum atomic E-state index is -0.446. The van der Waals surface area contributed by atoms with Gasteiger partial charge >= 0.3 is 19.5 Å². The van der Waals surface area contributed by atoms with E-state index in [1.165, 1.54) is 31.8 Å². The molecule has 0 aliphatic heterocycles. The van der Waals surface area contributed by atoms with Gasteiger partial charge in [0, 0.05) is 6.42 Å². The van der Waals surface area contributed by atoms with Crippen LogP contribution in [0.15, 0.2) is 206 Å². The van der Waals surface area contributed by atoms with Gasteiger partial charge in [-0.2, -0.15) is 0 Å². The molecule has 0 aromatic heterocycles. The first kappa shape index (κ1) is 33.2. The van der Waals surface area contributed by atoms with Crippen LogP contribution >= 0.6 is 15.8 Å². The summed E-state index contributed by atoms with van der Waals surface area (Å²) in [6.45, 7) is 0. The van der Waals surface area contributed by atoms with Crippen molar-refractivity contribution in [3.05, 3.63) is 213 Å². The number of hydrogen-bond donors (Lipinski definition) is 0. The van der Waals surface area contributed by atoms with Crippen LogP contribution in [-0.4, -0.2) is 0 Å². The summed E-state index contributed by atoms with van der Waals surface area (Å²) >= 11 is 0. The molecule has 0 unspecified atom stereocenters. The van der Waals surface area contributed by atoms with Gasteiger partial charge in [-0.15, -0.1) is 0 Å². The second-order valence-corrected chi connectivity index (χ2v) is 14.1. The van der Waals surface area contributed by atoms with E-state index in [0.29, 0.717) is 0 Å². The van der Waals surface area contributed by atoms with E-state index in [-0.39, 0.29) is 19.5 Å². The van der Waals surface area contributed by atoms with Crippen LogP contribution in [0.1, 0.15) is 0 Å². The van der Waals surface area contributed by atoms with E-state index >= 15 is 0 Å². The Morgan fingerprint density at radius 3 is 0.545 bits per heavy atom. The van der Waals surface area contributed by atoms with E-state index in [1.807, 2.05) is 30.7 Å². The molecule has 6 aromatic carbocycles. The smallest absolute Gasteiger partial charge is 0.0134 e. The molecule has 0 nitrogen and oxygen atoms in total. The van der Waals surface area contributed by atoms with Crippen molar-refractivity contribution in [3.63, 3.8) is 0 Å². The third-order valence-electron chi connectivity index (χ3n) is 6.64. The fraction of sp³-hybridized carbons (Fsp3) is 0. The molecular formula is C41H36P2Ru. The Kier molecular flexibility index (Phi) is 14.2. The van der Waals surface area contributed by atoms with Crippen molar-refractivity contribution in [3.8, 4) is 0 Å². The van der Waals surface area contributed by atoms with Gasteiger partial charge in [0.2, 0.25) is 0 Å². The Bertz CT molecular complexity index is 1340. The second-order valence-electron chi connectivity index (χ2n) is 9.65. The predicted octanol–water partition coefficient (Wildman–Crippen LogP) is 7.94. The molecule has 1 aliphatic rings. The molecule has 44 heavy (non-hydrogen) atoms. The normalized spacial score (nSPS) is 11.1. The topological polar surface area (TPSA) is 0 Å². The van der Waals surface area contributed by atoms with Gasteiger partial charge in [-0.25, -0.2) is 0 Å². The van der Waals surface area contributed by atoms with Crippen LogP contribution in [0.4, 0.5) is 0 Å². The molecular weight excluding hydrogens is 655 g/mol. The van der Waals surface area contributed by atoms with Crippen LogP contribution in [0.5, 0.6) is 0 Å². The maximum Gasteiger partial charge on any atom is -0.0134 e. The van der Waals surface area contributed by atoms with Crippen LogP contribution in [0.25, 0.3) is 0 Å². The molecule has 1 aliphatic carbocycles. The van der Waals surface area contributed by atoms with Crippen molar-refractivity contribution in [2.75, 3.05) is 0 Å². The number of allylic oxidation sites excluding steroid dienone is 4. The van der Waals surface area contributed by atoms with Crippen LogP contribution in [0, 0.1) is 6.42 Å². The second kappa shape index (κ2) is 18.8. The molecule has 7 rings (SSSR count). The molecule has 0 amide bonds.